The van der Waals surface area contributed by atoms with Crippen LogP contribution >= 0.6 is 11.8 Å². The molecule has 104 valence electrons. The number of hydrogen-bond donors (Lipinski definition) is 1. The summed E-state index contributed by atoms with van der Waals surface area (Å²) >= 11 is 1.49. The average Bonchev–Trinajstić information content (AvgIpc) is 2.43. The number of anilines is 1. The summed E-state index contributed by atoms with van der Waals surface area (Å²) in [6, 6.07) is 6.64. The molecule has 0 saturated heterocycles. The number of amides is 1. The van der Waals surface area contributed by atoms with Gasteiger partial charge in [0.1, 0.15) is 0 Å². The van der Waals surface area contributed by atoms with Crippen molar-refractivity contribution in [2.24, 2.45) is 0 Å². The van der Waals surface area contributed by atoms with Crippen LogP contribution < -0.4 is 5.32 Å². The van der Waals surface area contributed by atoms with Gasteiger partial charge < -0.3 is 14.8 Å². The molecule has 0 unspecified atom stereocenters. The van der Waals surface area contributed by atoms with Gasteiger partial charge in [-0.1, -0.05) is 6.07 Å². The standard InChI is InChI=1S/C13H17NO4S/c1-17-6-7-19-9-12(15)14-11-5-3-4-10(8-11)13(16)18-2/h3-5,8H,6-7,9H2,1-2H3,(H,14,15). The Morgan fingerprint density at radius 3 is 2.79 bits per heavy atom. The van der Waals surface area contributed by atoms with Crippen LogP contribution in [0, 0.1) is 0 Å². The quantitative estimate of drug-likeness (QED) is 0.610. The summed E-state index contributed by atoms with van der Waals surface area (Å²) < 4.78 is 9.51. The van der Waals surface area contributed by atoms with Crippen LogP contribution in [-0.2, 0) is 14.3 Å². The van der Waals surface area contributed by atoms with Crippen LogP contribution in [0.2, 0.25) is 0 Å². The highest BCUT2D eigenvalue weighted by atomic mass is 32.2. The molecule has 1 amide bonds. The summed E-state index contributed by atoms with van der Waals surface area (Å²) in [5.74, 6) is 0.589. The Bertz CT molecular complexity index is 436. The SMILES string of the molecule is COCCSCC(=O)Nc1cccc(C(=O)OC)c1. The lowest BCUT2D eigenvalue weighted by molar-refractivity contribution is -0.113. The Morgan fingerprint density at radius 1 is 1.32 bits per heavy atom. The van der Waals surface area contributed by atoms with E-state index in [1.54, 1.807) is 31.4 Å². The highest BCUT2D eigenvalue weighted by molar-refractivity contribution is 7.99. The topological polar surface area (TPSA) is 64.6 Å². The van der Waals surface area contributed by atoms with E-state index in [-0.39, 0.29) is 5.91 Å². The van der Waals surface area contributed by atoms with Crippen molar-refractivity contribution in [1.82, 2.24) is 0 Å². The number of nitrogens with one attached hydrogen (secondary N) is 1. The van der Waals surface area contributed by atoms with E-state index in [2.05, 4.69) is 10.1 Å². The number of hydrogen-bond acceptors (Lipinski definition) is 5. The zero-order valence-corrected chi connectivity index (χ0v) is 11.8. The molecule has 0 fully saturated rings. The van der Waals surface area contributed by atoms with E-state index < -0.39 is 5.97 Å². The molecule has 1 aromatic rings. The minimum absolute atomic E-state index is 0.108. The fraction of sp³-hybridized carbons (Fsp3) is 0.385. The number of carbonyl (C=O) groups excluding carboxylic acids is 2. The third-order valence-electron chi connectivity index (χ3n) is 2.23. The van der Waals surface area contributed by atoms with Gasteiger partial charge in [0.25, 0.3) is 0 Å². The Kier molecular flexibility index (Phi) is 6.99. The summed E-state index contributed by atoms with van der Waals surface area (Å²) in [5, 5.41) is 2.73. The number of rotatable bonds is 7. The number of methoxy groups -OCH3 is 2. The van der Waals surface area contributed by atoms with Crippen LogP contribution in [0.15, 0.2) is 24.3 Å². The predicted octanol–water partition coefficient (Wildman–Crippen LogP) is 1.79. The number of esters is 1. The van der Waals surface area contributed by atoms with E-state index in [9.17, 15) is 9.59 Å². The smallest absolute Gasteiger partial charge is 0.337 e. The minimum atomic E-state index is -0.425. The molecule has 0 heterocycles. The lowest BCUT2D eigenvalue weighted by Crippen LogP contribution is -2.15. The molecule has 19 heavy (non-hydrogen) atoms. The van der Waals surface area contributed by atoms with Crippen LogP contribution in [0.4, 0.5) is 5.69 Å². The van der Waals surface area contributed by atoms with E-state index in [0.717, 1.165) is 5.75 Å². The molecule has 0 radical (unpaired) electrons. The van der Waals surface area contributed by atoms with Gasteiger partial charge in [-0.25, -0.2) is 4.79 Å². The van der Waals surface area contributed by atoms with Crippen LogP contribution in [0.1, 0.15) is 10.4 Å². The van der Waals surface area contributed by atoms with Gasteiger partial charge in [-0.3, -0.25) is 4.79 Å². The second-order valence-corrected chi connectivity index (χ2v) is 4.77. The first-order valence-corrected chi connectivity index (χ1v) is 6.87. The number of carbonyl (C=O) groups is 2. The van der Waals surface area contributed by atoms with Crippen LogP contribution in [0.5, 0.6) is 0 Å². The monoisotopic (exact) mass is 283 g/mol. The maximum absolute atomic E-state index is 11.6. The van der Waals surface area contributed by atoms with Crippen molar-refractivity contribution in [3.8, 4) is 0 Å². The Hall–Kier alpha value is -1.53. The molecule has 0 bridgehead atoms. The van der Waals surface area contributed by atoms with E-state index in [1.807, 2.05) is 0 Å². The first-order chi connectivity index (χ1) is 9.17. The third kappa shape index (κ3) is 5.76. The van der Waals surface area contributed by atoms with Crippen molar-refractivity contribution < 1.29 is 19.1 Å². The summed E-state index contributed by atoms with van der Waals surface area (Å²) in [5.41, 5.74) is 0.993. The first-order valence-electron chi connectivity index (χ1n) is 5.72. The third-order valence-corrected chi connectivity index (χ3v) is 3.15. The van der Waals surface area contributed by atoms with Crippen LogP contribution in [0.3, 0.4) is 0 Å². The Labute approximate surface area is 116 Å². The van der Waals surface area contributed by atoms with Gasteiger partial charge in [0, 0.05) is 18.6 Å². The lowest BCUT2D eigenvalue weighted by Gasteiger charge is -2.06. The number of ether oxygens (including phenoxy) is 2. The summed E-state index contributed by atoms with van der Waals surface area (Å²) in [6.07, 6.45) is 0. The molecule has 0 aliphatic carbocycles. The second-order valence-electron chi connectivity index (χ2n) is 3.67. The van der Waals surface area contributed by atoms with Gasteiger partial charge in [0.15, 0.2) is 0 Å². The Balaban J connectivity index is 2.48. The highest BCUT2D eigenvalue weighted by Gasteiger charge is 2.07. The first kappa shape index (κ1) is 15.5. The molecular formula is C13H17NO4S. The predicted molar refractivity (Wildman–Crippen MR) is 75.6 cm³/mol. The molecule has 0 aromatic heterocycles. The number of benzene rings is 1. The van der Waals surface area contributed by atoms with Gasteiger partial charge in [-0.2, -0.15) is 0 Å². The summed E-state index contributed by atoms with van der Waals surface area (Å²) in [6.45, 7) is 0.621. The Morgan fingerprint density at radius 2 is 2.11 bits per heavy atom. The second kappa shape index (κ2) is 8.55. The zero-order chi connectivity index (χ0) is 14.1. The van der Waals surface area contributed by atoms with Gasteiger partial charge in [-0.15, -0.1) is 11.8 Å². The van der Waals surface area contributed by atoms with Crippen molar-refractivity contribution >= 4 is 29.3 Å². The van der Waals surface area contributed by atoms with Gasteiger partial charge in [0.05, 0.1) is 25.0 Å². The van der Waals surface area contributed by atoms with Gasteiger partial charge in [0.2, 0.25) is 5.91 Å². The molecule has 5 nitrogen and oxygen atoms in total. The molecule has 0 aliphatic heterocycles. The average molecular weight is 283 g/mol. The van der Waals surface area contributed by atoms with Gasteiger partial charge >= 0.3 is 5.97 Å². The number of thioether (sulfide) groups is 1. The van der Waals surface area contributed by atoms with Crippen molar-refractivity contribution in [2.45, 2.75) is 0 Å². The molecule has 0 saturated carbocycles. The van der Waals surface area contributed by atoms with E-state index in [0.29, 0.717) is 23.6 Å². The zero-order valence-electron chi connectivity index (χ0n) is 11.0. The fourth-order valence-electron chi connectivity index (χ4n) is 1.35. The molecule has 0 spiro atoms. The largest absolute Gasteiger partial charge is 0.465 e. The molecular weight excluding hydrogens is 266 g/mol. The highest BCUT2D eigenvalue weighted by Crippen LogP contribution is 2.12. The van der Waals surface area contributed by atoms with Crippen molar-refractivity contribution in [3.05, 3.63) is 29.8 Å². The lowest BCUT2D eigenvalue weighted by atomic mass is 10.2. The summed E-state index contributed by atoms with van der Waals surface area (Å²) in [7, 11) is 2.94. The maximum Gasteiger partial charge on any atom is 0.337 e. The van der Waals surface area contributed by atoms with Crippen LogP contribution in [0.25, 0.3) is 0 Å². The van der Waals surface area contributed by atoms with E-state index in [4.69, 9.17) is 4.74 Å². The molecule has 6 heteroatoms. The van der Waals surface area contributed by atoms with E-state index in [1.165, 1.54) is 18.9 Å². The van der Waals surface area contributed by atoms with E-state index >= 15 is 0 Å². The maximum atomic E-state index is 11.6. The molecule has 1 rings (SSSR count). The van der Waals surface area contributed by atoms with Crippen LogP contribution in [-0.4, -0.2) is 44.2 Å². The molecule has 0 aliphatic rings. The van der Waals surface area contributed by atoms with Crippen molar-refractivity contribution in [2.75, 3.05) is 37.6 Å². The van der Waals surface area contributed by atoms with Crippen molar-refractivity contribution in [1.29, 1.82) is 0 Å². The van der Waals surface area contributed by atoms with Gasteiger partial charge in [-0.05, 0) is 18.2 Å². The molecule has 1 N–H and O–H groups in total. The molecule has 1 aromatic carbocycles. The molecule has 0 atom stereocenters. The fourth-order valence-corrected chi connectivity index (χ4v) is 2.03. The minimum Gasteiger partial charge on any atom is -0.465 e. The summed E-state index contributed by atoms with van der Waals surface area (Å²) in [4.78, 5) is 23.0. The normalized spacial score (nSPS) is 10.0. The van der Waals surface area contributed by atoms with Crippen molar-refractivity contribution in [3.63, 3.8) is 0 Å².